The van der Waals surface area contributed by atoms with Crippen LogP contribution >= 0.6 is 0 Å². The van der Waals surface area contributed by atoms with Gasteiger partial charge >= 0.3 is 29.6 Å². The number of aliphatic hydroxyl groups is 2. The van der Waals surface area contributed by atoms with Gasteiger partial charge in [0.05, 0.1) is 17.9 Å². The minimum Gasteiger partial charge on any atom is -0.550 e. The predicted molar refractivity (Wildman–Crippen MR) is 165 cm³/mol. The molecule has 0 saturated heterocycles. The molecule has 45 heavy (non-hydrogen) atoms. The molecule has 2 atom stereocenters. The average molecular weight is 645 g/mol. The van der Waals surface area contributed by atoms with E-state index in [4.69, 9.17) is 0 Å². The van der Waals surface area contributed by atoms with Gasteiger partial charge in [0.1, 0.15) is 10.7 Å². The summed E-state index contributed by atoms with van der Waals surface area (Å²) in [5, 5.41) is 31.7. The van der Waals surface area contributed by atoms with Crippen LogP contribution in [0.3, 0.4) is 0 Å². The monoisotopic (exact) mass is 644 g/mol. The molecule has 234 valence electrons. The molecule has 0 fully saturated rings. The zero-order valence-corrected chi connectivity index (χ0v) is 28.9. The normalized spacial score (nSPS) is 13.0. The molecule has 3 aromatic carbocycles. The molecule has 1 aromatic heterocycles. The fourth-order valence-corrected chi connectivity index (χ4v) is 7.14. The first-order chi connectivity index (χ1) is 20.9. The zero-order valence-electron chi connectivity index (χ0n) is 26.1. The summed E-state index contributed by atoms with van der Waals surface area (Å²) >= 11 is 0. The molecule has 0 aliphatic rings. The Morgan fingerprint density at radius 2 is 1.56 bits per heavy atom. The van der Waals surface area contributed by atoms with Crippen molar-refractivity contribution < 1.29 is 62.5 Å². The smallest absolute Gasteiger partial charge is 0.550 e. The van der Waals surface area contributed by atoms with E-state index in [-0.39, 0.29) is 60.4 Å². The van der Waals surface area contributed by atoms with Crippen LogP contribution in [0.1, 0.15) is 43.0 Å². The minimum absolute atomic E-state index is 0. The Morgan fingerprint density at radius 1 is 0.956 bits per heavy atom. The number of benzene rings is 3. The van der Waals surface area contributed by atoms with E-state index in [1.807, 2.05) is 73.0 Å². The van der Waals surface area contributed by atoms with Crippen molar-refractivity contribution in [3.05, 3.63) is 102 Å². The molecule has 0 amide bonds. The molecule has 4 rings (SSSR count). The molecular weight excluding hydrogens is 606 g/mol. The van der Waals surface area contributed by atoms with Crippen LogP contribution in [0.5, 0.6) is 0 Å². The summed E-state index contributed by atoms with van der Waals surface area (Å²) in [6.07, 6.45) is -2.70. The van der Waals surface area contributed by atoms with Gasteiger partial charge in [0.2, 0.25) is 10.0 Å². The van der Waals surface area contributed by atoms with Gasteiger partial charge in [-0.25, -0.2) is 12.8 Å². The SMILES string of the molecule is CCc1c(S(=O)(=O)N(C)Cc2ccccc2)c(-c2ccc(C)cc2)c(-c2ccc(F)cc2)n1CC[C@@H](O)C[C@@H](O)CC(=O)[O-].[Na+]. The molecule has 0 unspecified atom stereocenters. The van der Waals surface area contributed by atoms with Crippen LogP contribution in [-0.4, -0.2) is 52.7 Å². The number of aromatic nitrogens is 1. The molecule has 0 aliphatic heterocycles. The van der Waals surface area contributed by atoms with Crippen molar-refractivity contribution in [3.8, 4) is 22.4 Å². The summed E-state index contributed by atoms with van der Waals surface area (Å²) in [5.74, 6) is -1.86. The van der Waals surface area contributed by atoms with Gasteiger partial charge < -0.3 is 24.7 Å². The number of carbonyl (C=O) groups is 1. The van der Waals surface area contributed by atoms with Crippen molar-refractivity contribution in [2.45, 2.75) is 69.7 Å². The number of sulfonamides is 1. The molecule has 0 spiro atoms. The van der Waals surface area contributed by atoms with E-state index in [0.29, 0.717) is 34.5 Å². The van der Waals surface area contributed by atoms with Crippen LogP contribution < -0.4 is 34.7 Å². The largest absolute Gasteiger partial charge is 1.00 e. The van der Waals surface area contributed by atoms with Crippen LogP contribution in [0.4, 0.5) is 4.39 Å². The number of carboxylic acid groups (broad SMARTS) is 1. The van der Waals surface area contributed by atoms with E-state index in [1.54, 1.807) is 12.1 Å². The average Bonchev–Trinajstić information content (AvgIpc) is 3.31. The number of hydrogen-bond donors (Lipinski definition) is 2. The van der Waals surface area contributed by atoms with Crippen molar-refractivity contribution in [2.75, 3.05) is 7.05 Å². The third kappa shape index (κ3) is 8.92. The van der Waals surface area contributed by atoms with Gasteiger partial charge in [0.15, 0.2) is 0 Å². The Kier molecular flexibility index (Phi) is 13.1. The first-order valence-electron chi connectivity index (χ1n) is 14.6. The molecule has 0 bridgehead atoms. The summed E-state index contributed by atoms with van der Waals surface area (Å²) < 4.78 is 46.3. The first-order valence-corrected chi connectivity index (χ1v) is 16.0. The molecule has 11 heteroatoms. The van der Waals surface area contributed by atoms with Crippen molar-refractivity contribution in [1.82, 2.24) is 8.87 Å². The van der Waals surface area contributed by atoms with Crippen molar-refractivity contribution in [1.29, 1.82) is 0 Å². The van der Waals surface area contributed by atoms with Gasteiger partial charge in [-0.1, -0.05) is 67.1 Å². The zero-order chi connectivity index (χ0) is 32.0. The topological polar surface area (TPSA) is 123 Å². The number of carboxylic acids is 1. The molecular formula is C34H38FN2NaO6S. The second-order valence-corrected chi connectivity index (χ2v) is 13.0. The molecule has 4 aromatic rings. The number of nitrogens with zero attached hydrogens (tertiary/aromatic N) is 2. The van der Waals surface area contributed by atoms with Gasteiger partial charge in [0.25, 0.3) is 0 Å². The standard InChI is InChI=1S/C34H39FN2O6S.Na/c1-4-30-34(44(42,43)36(3)22-24-8-6-5-7-9-24)32(25-12-10-23(2)11-13-25)33(26-14-16-27(35)17-15-26)37(30)19-18-28(38)20-29(39)21-31(40)41;/h5-17,28-29,38-39H,4,18-22H2,1-3H3,(H,40,41);/q;+1/p-1/t28-,29-;/m1./s1. The quantitative estimate of drug-likeness (QED) is 0.200. The number of aliphatic hydroxyl groups excluding tert-OH is 2. The van der Waals surface area contributed by atoms with Crippen LogP contribution in [0, 0.1) is 12.7 Å². The van der Waals surface area contributed by atoms with Crippen molar-refractivity contribution in [3.63, 3.8) is 0 Å². The number of hydrogen-bond acceptors (Lipinski definition) is 6. The maximum atomic E-state index is 14.5. The molecule has 1 heterocycles. The van der Waals surface area contributed by atoms with E-state index >= 15 is 0 Å². The third-order valence-electron chi connectivity index (χ3n) is 7.66. The van der Waals surface area contributed by atoms with Crippen LogP contribution in [-0.2, 0) is 34.3 Å². The van der Waals surface area contributed by atoms with Crippen LogP contribution in [0.15, 0.2) is 83.8 Å². The van der Waals surface area contributed by atoms with Gasteiger partial charge in [-0.2, -0.15) is 4.31 Å². The number of halogens is 1. The number of carbonyl (C=O) groups excluding carboxylic acids is 1. The van der Waals surface area contributed by atoms with E-state index in [1.165, 1.54) is 23.5 Å². The van der Waals surface area contributed by atoms with Gasteiger partial charge in [-0.3, -0.25) is 0 Å². The van der Waals surface area contributed by atoms with Gasteiger partial charge in [0, 0.05) is 43.8 Å². The molecule has 0 radical (unpaired) electrons. The second kappa shape index (κ2) is 16.1. The van der Waals surface area contributed by atoms with Crippen LogP contribution in [0.25, 0.3) is 22.4 Å². The van der Waals surface area contributed by atoms with E-state index in [0.717, 1.165) is 11.1 Å². The summed E-state index contributed by atoms with van der Waals surface area (Å²) in [4.78, 5) is 11.0. The third-order valence-corrected chi connectivity index (χ3v) is 9.57. The number of aryl methyl sites for hydroxylation is 1. The number of aliphatic carboxylic acids is 1. The molecule has 8 nitrogen and oxygen atoms in total. The summed E-state index contributed by atoms with van der Waals surface area (Å²) in [7, 11) is -2.55. The molecule has 2 N–H and O–H groups in total. The Balaban J connectivity index is 0.00000552. The first kappa shape index (κ1) is 36.6. The summed E-state index contributed by atoms with van der Waals surface area (Å²) in [6.45, 7) is 4.10. The summed E-state index contributed by atoms with van der Waals surface area (Å²) in [6, 6.07) is 22.7. The van der Waals surface area contributed by atoms with Crippen LogP contribution in [0.2, 0.25) is 0 Å². The van der Waals surface area contributed by atoms with E-state index < -0.39 is 40.4 Å². The number of rotatable bonds is 14. The van der Waals surface area contributed by atoms with E-state index in [2.05, 4.69) is 0 Å². The Labute approximate surface area is 286 Å². The minimum atomic E-state index is -4.09. The van der Waals surface area contributed by atoms with Crippen molar-refractivity contribution in [2.24, 2.45) is 0 Å². The van der Waals surface area contributed by atoms with E-state index in [9.17, 15) is 32.9 Å². The van der Waals surface area contributed by atoms with Gasteiger partial charge in [-0.05, 0) is 67.1 Å². The Bertz CT molecular complexity index is 1680. The maximum absolute atomic E-state index is 14.5. The summed E-state index contributed by atoms with van der Waals surface area (Å²) in [5.41, 5.74) is 4.62. The maximum Gasteiger partial charge on any atom is 1.00 e. The molecule has 0 aliphatic carbocycles. The Morgan fingerprint density at radius 3 is 2.13 bits per heavy atom. The Hall–Kier alpha value is -2.83. The molecule has 0 saturated carbocycles. The fourth-order valence-electron chi connectivity index (χ4n) is 5.48. The van der Waals surface area contributed by atoms with Gasteiger partial charge in [-0.15, -0.1) is 0 Å². The second-order valence-electron chi connectivity index (χ2n) is 11.0. The fraction of sp³-hybridized carbons (Fsp3) is 0.324. The van der Waals surface area contributed by atoms with Crippen molar-refractivity contribution >= 4 is 16.0 Å². The predicted octanol–water partition coefficient (Wildman–Crippen LogP) is 1.30.